The van der Waals surface area contributed by atoms with E-state index in [9.17, 15) is 9.59 Å². The summed E-state index contributed by atoms with van der Waals surface area (Å²) in [5.74, 6) is -0.134. The minimum absolute atomic E-state index is 0.134. The van der Waals surface area contributed by atoms with Gasteiger partial charge in [-0.1, -0.05) is 35.9 Å². The molecule has 2 rings (SSSR count). The van der Waals surface area contributed by atoms with Gasteiger partial charge in [0.25, 0.3) is 0 Å². The predicted octanol–water partition coefficient (Wildman–Crippen LogP) is 4.11. The third kappa shape index (κ3) is 6.74. The van der Waals surface area contributed by atoms with Crippen molar-refractivity contribution in [2.75, 3.05) is 31.0 Å². The summed E-state index contributed by atoms with van der Waals surface area (Å²) < 4.78 is 9.74. The Labute approximate surface area is 157 Å². The number of nitrogens with one attached hydrogen (secondary N) is 2. The van der Waals surface area contributed by atoms with Crippen LogP contribution in [0.1, 0.15) is 12.0 Å². The quantitative estimate of drug-likeness (QED) is 0.680. The average Bonchev–Trinajstić information content (AvgIpc) is 2.61. The molecule has 2 aromatic carbocycles. The Morgan fingerprint density at radius 1 is 1.00 bits per heavy atom. The molecule has 0 aliphatic carbocycles. The number of benzene rings is 2. The minimum atomic E-state index is -0.579. The van der Waals surface area contributed by atoms with E-state index in [0.717, 1.165) is 5.56 Å². The lowest BCUT2D eigenvalue weighted by Crippen LogP contribution is -2.17. The predicted molar refractivity (Wildman–Crippen MR) is 102 cm³/mol. The van der Waals surface area contributed by atoms with Crippen LogP contribution < -0.4 is 10.6 Å². The molecule has 2 amide bonds. The molecule has 138 valence electrons. The zero-order chi connectivity index (χ0) is 18.8. The maximum atomic E-state index is 12.1. The minimum Gasteiger partial charge on any atom is -0.447 e. The van der Waals surface area contributed by atoms with Crippen LogP contribution in [0.25, 0.3) is 0 Å². The van der Waals surface area contributed by atoms with Crippen LogP contribution in [0, 0.1) is 0 Å². The van der Waals surface area contributed by atoms with Crippen molar-refractivity contribution in [3.63, 3.8) is 0 Å². The summed E-state index contributed by atoms with van der Waals surface area (Å²) in [6, 6.07) is 14.3. The number of ether oxygens (including phenoxy) is 2. The molecule has 0 fully saturated rings. The lowest BCUT2D eigenvalue weighted by Gasteiger charge is -2.09. The molecule has 0 bridgehead atoms. The highest BCUT2D eigenvalue weighted by Crippen LogP contribution is 2.18. The van der Waals surface area contributed by atoms with E-state index >= 15 is 0 Å². The van der Waals surface area contributed by atoms with Crippen LogP contribution in [-0.4, -0.2) is 32.3 Å². The molecule has 0 aliphatic rings. The number of hydrogen-bond donors (Lipinski definition) is 2. The van der Waals surface area contributed by atoms with Crippen LogP contribution in [0.15, 0.2) is 48.5 Å². The van der Waals surface area contributed by atoms with Gasteiger partial charge < -0.3 is 14.8 Å². The molecule has 2 N–H and O–H groups in total. The molecular weight excluding hydrogens is 356 g/mol. The molecule has 0 unspecified atom stereocenters. The van der Waals surface area contributed by atoms with Gasteiger partial charge in [-0.05, 0) is 36.2 Å². The number of carbonyl (C=O) groups excluding carboxylic acids is 2. The van der Waals surface area contributed by atoms with Crippen molar-refractivity contribution >= 4 is 35.0 Å². The SMILES string of the molecule is COCCOC(=O)Nc1cccc(NC(=O)CCc2ccccc2Cl)c1. The monoisotopic (exact) mass is 376 g/mol. The molecule has 0 saturated carbocycles. The van der Waals surface area contributed by atoms with E-state index in [4.69, 9.17) is 21.1 Å². The Morgan fingerprint density at radius 2 is 1.73 bits per heavy atom. The van der Waals surface area contributed by atoms with Crippen molar-refractivity contribution in [3.8, 4) is 0 Å². The van der Waals surface area contributed by atoms with E-state index in [-0.39, 0.29) is 12.5 Å². The van der Waals surface area contributed by atoms with Crippen LogP contribution in [0.3, 0.4) is 0 Å². The summed E-state index contributed by atoms with van der Waals surface area (Å²) in [5, 5.41) is 6.05. The van der Waals surface area contributed by atoms with Crippen LogP contribution >= 0.6 is 11.6 Å². The zero-order valence-electron chi connectivity index (χ0n) is 14.5. The standard InChI is InChI=1S/C19H21ClN2O4/c1-25-11-12-26-19(24)22-16-7-4-6-15(13-16)21-18(23)10-9-14-5-2-3-8-17(14)20/h2-8,13H,9-12H2,1H3,(H,21,23)(H,22,24). The number of halogens is 1. The number of aryl methyl sites for hydroxylation is 1. The molecule has 0 aromatic heterocycles. The Morgan fingerprint density at radius 3 is 2.46 bits per heavy atom. The molecule has 26 heavy (non-hydrogen) atoms. The lowest BCUT2D eigenvalue weighted by atomic mass is 10.1. The highest BCUT2D eigenvalue weighted by atomic mass is 35.5. The van der Waals surface area contributed by atoms with Gasteiger partial charge in [0.1, 0.15) is 6.61 Å². The second kappa shape index (κ2) is 10.4. The van der Waals surface area contributed by atoms with E-state index in [1.165, 1.54) is 7.11 Å². The molecule has 7 heteroatoms. The van der Waals surface area contributed by atoms with Crippen molar-refractivity contribution in [1.29, 1.82) is 0 Å². The summed E-state index contributed by atoms with van der Waals surface area (Å²) in [4.78, 5) is 23.7. The molecule has 0 saturated heterocycles. The molecular formula is C19H21ClN2O4. The highest BCUT2D eigenvalue weighted by molar-refractivity contribution is 6.31. The summed E-state index contributed by atoms with van der Waals surface area (Å²) in [5.41, 5.74) is 2.04. The summed E-state index contributed by atoms with van der Waals surface area (Å²) >= 11 is 6.09. The normalized spacial score (nSPS) is 10.2. The van der Waals surface area contributed by atoms with E-state index < -0.39 is 6.09 Å². The molecule has 0 spiro atoms. The number of rotatable bonds is 8. The Balaban J connectivity index is 1.84. The van der Waals surface area contributed by atoms with Gasteiger partial charge in [0.05, 0.1) is 6.61 Å². The van der Waals surface area contributed by atoms with Gasteiger partial charge >= 0.3 is 6.09 Å². The van der Waals surface area contributed by atoms with E-state index in [0.29, 0.717) is 35.8 Å². The smallest absolute Gasteiger partial charge is 0.411 e. The molecule has 0 atom stereocenters. The van der Waals surface area contributed by atoms with Gasteiger partial charge in [-0.2, -0.15) is 0 Å². The van der Waals surface area contributed by atoms with Crippen LogP contribution in [0.5, 0.6) is 0 Å². The fourth-order valence-corrected chi connectivity index (χ4v) is 2.45. The average molecular weight is 377 g/mol. The van der Waals surface area contributed by atoms with Gasteiger partial charge in [0.2, 0.25) is 5.91 Å². The maximum Gasteiger partial charge on any atom is 0.411 e. The van der Waals surface area contributed by atoms with Crippen LogP contribution in [0.2, 0.25) is 5.02 Å². The second-order valence-electron chi connectivity index (χ2n) is 5.47. The van der Waals surface area contributed by atoms with Crippen molar-refractivity contribution < 1.29 is 19.1 Å². The van der Waals surface area contributed by atoms with Crippen LogP contribution in [-0.2, 0) is 20.7 Å². The summed E-state index contributed by atoms with van der Waals surface area (Å²) in [6.07, 6.45) is 0.277. The fraction of sp³-hybridized carbons (Fsp3) is 0.263. The molecule has 0 heterocycles. The topological polar surface area (TPSA) is 76.7 Å². The summed E-state index contributed by atoms with van der Waals surface area (Å²) in [7, 11) is 1.53. The number of carbonyl (C=O) groups is 2. The first-order chi connectivity index (χ1) is 12.6. The first-order valence-corrected chi connectivity index (χ1v) is 8.52. The van der Waals surface area contributed by atoms with E-state index in [1.807, 2.05) is 18.2 Å². The number of anilines is 2. The Hall–Kier alpha value is -2.57. The second-order valence-corrected chi connectivity index (χ2v) is 5.88. The fourth-order valence-electron chi connectivity index (χ4n) is 2.22. The highest BCUT2D eigenvalue weighted by Gasteiger charge is 2.07. The van der Waals surface area contributed by atoms with E-state index in [1.54, 1.807) is 30.3 Å². The lowest BCUT2D eigenvalue weighted by molar-refractivity contribution is -0.116. The van der Waals surface area contributed by atoms with Crippen molar-refractivity contribution in [1.82, 2.24) is 0 Å². The van der Waals surface area contributed by atoms with Crippen LogP contribution in [0.4, 0.5) is 16.2 Å². The third-order valence-corrected chi connectivity index (χ3v) is 3.86. The Kier molecular flexibility index (Phi) is 7.92. The number of amides is 2. The van der Waals surface area contributed by atoms with Gasteiger partial charge in [-0.25, -0.2) is 4.79 Å². The zero-order valence-corrected chi connectivity index (χ0v) is 15.2. The molecule has 0 aliphatic heterocycles. The Bertz CT molecular complexity index is 752. The molecule has 6 nitrogen and oxygen atoms in total. The number of methoxy groups -OCH3 is 1. The van der Waals surface area contributed by atoms with Crippen molar-refractivity contribution in [2.45, 2.75) is 12.8 Å². The van der Waals surface area contributed by atoms with Gasteiger partial charge in [-0.15, -0.1) is 0 Å². The van der Waals surface area contributed by atoms with Crippen molar-refractivity contribution in [3.05, 3.63) is 59.1 Å². The largest absolute Gasteiger partial charge is 0.447 e. The van der Waals surface area contributed by atoms with Gasteiger partial charge in [0.15, 0.2) is 0 Å². The molecule has 2 aromatic rings. The number of hydrogen-bond acceptors (Lipinski definition) is 4. The summed E-state index contributed by atoms with van der Waals surface area (Å²) in [6.45, 7) is 0.496. The maximum absolute atomic E-state index is 12.1. The first-order valence-electron chi connectivity index (χ1n) is 8.14. The van der Waals surface area contributed by atoms with Gasteiger partial charge in [-0.3, -0.25) is 10.1 Å². The first kappa shape index (κ1) is 19.8. The molecule has 0 radical (unpaired) electrons. The van der Waals surface area contributed by atoms with Crippen molar-refractivity contribution in [2.24, 2.45) is 0 Å². The third-order valence-electron chi connectivity index (χ3n) is 3.49. The van der Waals surface area contributed by atoms with Gasteiger partial charge in [0, 0.05) is 29.9 Å². The van der Waals surface area contributed by atoms with E-state index in [2.05, 4.69) is 10.6 Å².